The van der Waals surface area contributed by atoms with Crippen LogP contribution >= 0.6 is 0 Å². The summed E-state index contributed by atoms with van der Waals surface area (Å²) in [4.78, 5) is 28.4. The highest BCUT2D eigenvalue weighted by Crippen LogP contribution is 2.47. The summed E-state index contributed by atoms with van der Waals surface area (Å²) in [7, 11) is 3.72. The second-order valence-electron chi connectivity index (χ2n) is 6.25. The van der Waals surface area contributed by atoms with Gasteiger partial charge in [0.05, 0.1) is 11.5 Å². The van der Waals surface area contributed by atoms with E-state index in [1.54, 1.807) is 18.0 Å². The molecule has 0 saturated carbocycles. The highest BCUT2D eigenvalue weighted by molar-refractivity contribution is 5.88. The quantitative estimate of drug-likeness (QED) is 0.794. The second-order valence-corrected chi connectivity index (χ2v) is 6.25. The van der Waals surface area contributed by atoms with E-state index in [-0.39, 0.29) is 11.8 Å². The molecule has 1 amide bonds. The standard InChI is InChI=1S/C16H20N2O3/c1-16(10-17(2)9-8-13(16)19)14-11-6-4-5-7-12(11)21-15(20)18(14)3/h4-7,14H,8-10H2,1-3H3. The Balaban J connectivity index is 2.11. The van der Waals surface area contributed by atoms with E-state index < -0.39 is 11.5 Å². The van der Waals surface area contributed by atoms with Crippen molar-refractivity contribution in [2.75, 3.05) is 27.2 Å². The van der Waals surface area contributed by atoms with Crippen LogP contribution in [0.2, 0.25) is 0 Å². The predicted octanol–water partition coefficient (Wildman–Crippen LogP) is 2.08. The molecule has 0 spiro atoms. The van der Waals surface area contributed by atoms with Crippen molar-refractivity contribution in [3.8, 4) is 5.75 Å². The van der Waals surface area contributed by atoms with Gasteiger partial charge in [-0.2, -0.15) is 0 Å². The first-order valence-corrected chi connectivity index (χ1v) is 7.19. The molecular weight excluding hydrogens is 268 g/mol. The normalized spacial score (nSPS) is 30.0. The fourth-order valence-corrected chi connectivity index (χ4v) is 3.59. The molecule has 0 N–H and O–H groups in total. The van der Waals surface area contributed by atoms with Crippen molar-refractivity contribution in [3.63, 3.8) is 0 Å². The second kappa shape index (κ2) is 4.84. The highest BCUT2D eigenvalue weighted by atomic mass is 16.6. The van der Waals surface area contributed by atoms with Crippen molar-refractivity contribution in [3.05, 3.63) is 29.8 Å². The Morgan fingerprint density at radius 3 is 2.71 bits per heavy atom. The Morgan fingerprint density at radius 1 is 1.24 bits per heavy atom. The van der Waals surface area contributed by atoms with Gasteiger partial charge >= 0.3 is 6.09 Å². The smallest absolute Gasteiger partial charge is 0.410 e. The molecule has 0 bridgehead atoms. The average molecular weight is 288 g/mol. The van der Waals surface area contributed by atoms with Gasteiger partial charge in [0.15, 0.2) is 0 Å². The van der Waals surface area contributed by atoms with Crippen LogP contribution in [-0.2, 0) is 4.79 Å². The number of carbonyl (C=O) groups excluding carboxylic acids is 2. The van der Waals surface area contributed by atoms with E-state index in [9.17, 15) is 9.59 Å². The monoisotopic (exact) mass is 288 g/mol. The van der Waals surface area contributed by atoms with Crippen LogP contribution in [0, 0.1) is 5.41 Å². The molecule has 2 heterocycles. The molecule has 0 aliphatic carbocycles. The number of para-hydroxylation sites is 1. The van der Waals surface area contributed by atoms with Crippen molar-refractivity contribution in [2.45, 2.75) is 19.4 Å². The van der Waals surface area contributed by atoms with Crippen LogP contribution in [0.3, 0.4) is 0 Å². The Kier molecular flexibility index (Phi) is 3.24. The zero-order chi connectivity index (χ0) is 15.2. The lowest BCUT2D eigenvalue weighted by molar-refractivity contribution is -0.136. The maximum absolute atomic E-state index is 12.6. The number of hydrogen-bond donors (Lipinski definition) is 0. The van der Waals surface area contributed by atoms with Gasteiger partial charge in [-0.1, -0.05) is 18.2 Å². The molecule has 0 radical (unpaired) electrons. The summed E-state index contributed by atoms with van der Waals surface area (Å²) in [5.41, 5.74) is 0.294. The number of amides is 1. The zero-order valence-electron chi connectivity index (χ0n) is 12.6. The summed E-state index contributed by atoms with van der Waals surface area (Å²) in [6.45, 7) is 3.38. The van der Waals surface area contributed by atoms with Crippen LogP contribution in [-0.4, -0.2) is 48.9 Å². The molecule has 0 aromatic heterocycles. The Bertz CT molecular complexity index is 601. The number of benzene rings is 1. The number of nitrogens with zero attached hydrogens (tertiary/aromatic N) is 2. The third kappa shape index (κ3) is 2.12. The molecule has 112 valence electrons. The highest BCUT2D eigenvalue weighted by Gasteiger charge is 2.50. The van der Waals surface area contributed by atoms with Gasteiger partial charge in [0.1, 0.15) is 11.5 Å². The molecule has 2 aliphatic rings. The average Bonchev–Trinajstić information content (AvgIpc) is 2.44. The van der Waals surface area contributed by atoms with Crippen LogP contribution in [0.15, 0.2) is 24.3 Å². The number of carbonyl (C=O) groups is 2. The van der Waals surface area contributed by atoms with Crippen molar-refractivity contribution in [2.24, 2.45) is 5.41 Å². The maximum atomic E-state index is 12.6. The molecule has 1 aromatic carbocycles. The molecule has 1 aromatic rings. The lowest BCUT2D eigenvalue weighted by atomic mass is 9.71. The minimum atomic E-state index is -0.614. The predicted molar refractivity (Wildman–Crippen MR) is 78.2 cm³/mol. The minimum absolute atomic E-state index is 0.210. The molecule has 3 rings (SSSR count). The van der Waals surface area contributed by atoms with Gasteiger partial charge in [-0.25, -0.2) is 4.79 Å². The van der Waals surface area contributed by atoms with Gasteiger partial charge in [0.25, 0.3) is 0 Å². The van der Waals surface area contributed by atoms with Gasteiger partial charge in [-0.05, 0) is 20.0 Å². The third-order valence-electron chi connectivity index (χ3n) is 4.65. The number of hydrogen-bond acceptors (Lipinski definition) is 4. The van der Waals surface area contributed by atoms with Crippen molar-refractivity contribution in [1.29, 1.82) is 0 Å². The lowest BCUT2D eigenvalue weighted by Gasteiger charge is -2.47. The van der Waals surface area contributed by atoms with E-state index in [0.29, 0.717) is 18.7 Å². The molecule has 21 heavy (non-hydrogen) atoms. The maximum Gasteiger partial charge on any atom is 0.415 e. The molecule has 2 aliphatic heterocycles. The molecule has 5 heteroatoms. The molecule has 2 atom stereocenters. The lowest BCUT2D eigenvalue weighted by Crippen LogP contribution is -2.55. The van der Waals surface area contributed by atoms with Crippen molar-refractivity contribution in [1.82, 2.24) is 9.80 Å². The van der Waals surface area contributed by atoms with Crippen molar-refractivity contribution < 1.29 is 14.3 Å². The Hall–Kier alpha value is -1.88. The van der Waals surface area contributed by atoms with Gasteiger partial charge < -0.3 is 14.5 Å². The molecule has 5 nitrogen and oxygen atoms in total. The number of ketones is 1. The minimum Gasteiger partial charge on any atom is -0.410 e. The Morgan fingerprint density at radius 2 is 1.95 bits per heavy atom. The van der Waals surface area contributed by atoms with Crippen LogP contribution < -0.4 is 4.74 Å². The molecular formula is C16H20N2O3. The van der Waals surface area contributed by atoms with E-state index >= 15 is 0 Å². The van der Waals surface area contributed by atoms with E-state index in [2.05, 4.69) is 4.90 Å². The largest absolute Gasteiger partial charge is 0.415 e. The van der Waals surface area contributed by atoms with E-state index in [1.165, 1.54) is 0 Å². The number of likely N-dealkylation sites (tertiary alicyclic amines) is 1. The van der Waals surface area contributed by atoms with Crippen LogP contribution in [0.1, 0.15) is 24.9 Å². The first kappa shape index (κ1) is 14.1. The summed E-state index contributed by atoms with van der Waals surface area (Å²) in [6, 6.07) is 7.19. The molecule has 1 fully saturated rings. The van der Waals surface area contributed by atoms with E-state index in [4.69, 9.17) is 4.74 Å². The van der Waals surface area contributed by atoms with Crippen molar-refractivity contribution >= 4 is 11.9 Å². The topological polar surface area (TPSA) is 49.9 Å². The first-order chi connectivity index (χ1) is 9.93. The Labute approximate surface area is 124 Å². The van der Waals surface area contributed by atoms with Crippen LogP contribution in [0.5, 0.6) is 5.75 Å². The fraction of sp³-hybridized carbons (Fsp3) is 0.500. The van der Waals surface area contributed by atoms with Gasteiger partial charge in [0, 0.05) is 32.1 Å². The SMILES string of the molecule is CN1CCC(=O)C(C)(C2c3ccccc3OC(=O)N2C)C1. The van der Waals surface area contributed by atoms with Gasteiger partial charge in [-0.15, -0.1) is 0 Å². The fourth-order valence-electron chi connectivity index (χ4n) is 3.59. The van der Waals surface area contributed by atoms with Crippen LogP contribution in [0.25, 0.3) is 0 Å². The number of Topliss-reactive ketones (excluding diaryl/α,β-unsaturated/α-hetero) is 1. The summed E-state index contributed by atoms with van der Waals surface area (Å²) in [6.07, 6.45) is 0.120. The van der Waals surface area contributed by atoms with E-state index in [0.717, 1.165) is 12.1 Å². The number of piperidine rings is 1. The zero-order valence-corrected chi connectivity index (χ0v) is 12.6. The van der Waals surface area contributed by atoms with Gasteiger partial charge in [-0.3, -0.25) is 4.79 Å². The summed E-state index contributed by atoms with van der Waals surface area (Å²) >= 11 is 0. The molecule has 2 unspecified atom stereocenters. The third-order valence-corrected chi connectivity index (χ3v) is 4.65. The summed E-state index contributed by atoms with van der Waals surface area (Å²) in [5, 5.41) is 0. The summed E-state index contributed by atoms with van der Waals surface area (Å²) in [5.74, 6) is 0.773. The molecule has 1 saturated heterocycles. The summed E-state index contributed by atoms with van der Waals surface area (Å²) < 4.78 is 5.33. The number of ether oxygens (including phenoxy) is 1. The number of fused-ring (bicyclic) bond motifs is 1. The van der Waals surface area contributed by atoms with Crippen LogP contribution in [0.4, 0.5) is 4.79 Å². The van der Waals surface area contributed by atoms with Gasteiger partial charge in [0.2, 0.25) is 0 Å². The first-order valence-electron chi connectivity index (χ1n) is 7.19. The van der Waals surface area contributed by atoms with E-state index in [1.807, 2.05) is 32.2 Å². The number of rotatable bonds is 1.